The zero-order valence-corrected chi connectivity index (χ0v) is 11.8. The summed E-state index contributed by atoms with van der Waals surface area (Å²) >= 11 is 0.946. The van der Waals surface area contributed by atoms with Crippen LogP contribution in [0.4, 0.5) is 0 Å². The molecule has 1 unspecified atom stereocenters. The van der Waals surface area contributed by atoms with E-state index in [2.05, 4.69) is 0 Å². The van der Waals surface area contributed by atoms with E-state index in [0.29, 0.717) is 5.03 Å². The predicted molar refractivity (Wildman–Crippen MR) is 71.4 cm³/mol. The van der Waals surface area contributed by atoms with E-state index in [9.17, 15) is 14.4 Å². The quantitative estimate of drug-likeness (QED) is 0.791. The van der Waals surface area contributed by atoms with Gasteiger partial charge >= 0.3 is 5.97 Å². The molecule has 0 spiro atoms. The SMILES string of the molecule is CCOC(=O)c1ccc(=O)n2c1SC(=O)C2C(C)C. The summed E-state index contributed by atoms with van der Waals surface area (Å²) in [7, 11) is 0. The normalized spacial score (nSPS) is 17.7. The van der Waals surface area contributed by atoms with Crippen molar-refractivity contribution in [3.63, 3.8) is 0 Å². The molecule has 0 radical (unpaired) electrons. The molecule has 5 nitrogen and oxygen atoms in total. The summed E-state index contributed by atoms with van der Waals surface area (Å²) in [5.74, 6) is -0.507. The van der Waals surface area contributed by atoms with E-state index >= 15 is 0 Å². The molecular formula is C13H15NO4S. The number of thioether (sulfide) groups is 1. The largest absolute Gasteiger partial charge is 0.462 e. The van der Waals surface area contributed by atoms with Crippen LogP contribution in [0.5, 0.6) is 0 Å². The van der Waals surface area contributed by atoms with Crippen molar-refractivity contribution in [2.24, 2.45) is 5.92 Å². The van der Waals surface area contributed by atoms with E-state index in [1.165, 1.54) is 16.7 Å². The van der Waals surface area contributed by atoms with Crippen LogP contribution in [0.1, 0.15) is 37.2 Å². The van der Waals surface area contributed by atoms with Crippen LogP contribution < -0.4 is 5.56 Å². The minimum atomic E-state index is -0.512. The molecule has 0 fully saturated rings. The molecular weight excluding hydrogens is 266 g/mol. The second-order valence-corrected chi connectivity index (χ2v) is 5.58. The minimum Gasteiger partial charge on any atom is -0.462 e. The highest BCUT2D eigenvalue weighted by molar-refractivity contribution is 8.14. The number of carbonyl (C=O) groups excluding carboxylic acids is 2. The molecule has 0 amide bonds. The lowest BCUT2D eigenvalue weighted by Crippen LogP contribution is -2.28. The average Bonchev–Trinajstić information content (AvgIpc) is 2.67. The Morgan fingerprint density at radius 1 is 1.42 bits per heavy atom. The number of hydrogen-bond donors (Lipinski definition) is 0. The van der Waals surface area contributed by atoms with Crippen molar-refractivity contribution in [3.8, 4) is 0 Å². The molecule has 1 aliphatic rings. The molecule has 0 N–H and O–H groups in total. The molecule has 2 rings (SSSR count). The fourth-order valence-electron chi connectivity index (χ4n) is 2.10. The lowest BCUT2D eigenvalue weighted by Gasteiger charge is -2.16. The maximum atomic E-state index is 12.0. The van der Waals surface area contributed by atoms with E-state index < -0.39 is 12.0 Å². The summed E-state index contributed by atoms with van der Waals surface area (Å²) < 4.78 is 6.35. The van der Waals surface area contributed by atoms with Gasteiger partial charge in [0, 0.05) is 6.07 Å². The van der Waals surface area contributed by atoms with E-state index in [4.69, 9.17) is 4.74 Å². The lowest BCUT2D eigenvalue weighted by atomic mass is 10.1. The van der Waals surface area contributed by atoms with Crippen molar-refractivity contribution < 1.29 is 14.3 Å². The number of esters is 1. The third-order valence-electron chi connectivity index (χ3n) is 2.92. The Kier molecular flexibility index (Phi) is 3.80. The topological polar surface area (TPSA) is 65.4 Å². The first kappa shape index (κ1) is 13.9. The van der Waals surface area contributed by atoms with Crippen LogP contribution in [0.2, 0.25) is 0 Å². The molecule has 0 bridgehead atoms. The van der Waals surface area contributed by atoms with Crippen LogP contribution in [0.25, 0.3) is 0 Å². The number of aromatic nitrogens is 1. The van der Waals surface area contributed by atoms with Crippen LogP contribution in [0, 0.1) is 5.92 Å². The maximum Gasteiger partial charge on any atom is 0.340 e. The fourth-order valence-corrected chi connectivity index (χ4v) is 3.35. The standard InChI is InChI=1S/C13H15NO4S/c1-4-18-12(16)8-5-6-9(15)14-10(7(2)3)13(17)19-11(8)14/h5-7,10H,4H2,1-3H3. The first-order valence-electron chi connectivity index (χ1n) is 6.11. The van der Waals surface area contributed by atoms with E-state index in [1.54, 1.807) is 6.92 Å². The summed E-state index contributed by atoms with van der Waals surface area (Å²) in [6.07, 6.45) is 0. The summed E-state index contributed by atoms with van der Waals surface area (Å²) in [6, 6.07) is 2.22. The number of hydrogen-bond acceptors (Lipinski definition) is 5. The summed E-state index contributed by atoms with van der Waals surface area (Å²) in [5.41, 5.74) is 0.0167. The number of fused-ring (bicyclic) bond motifs is 1. The van der Waals surface area contributed by atoms with Crippen LogP contribution >= 0.6 is 11.8 Å². The summed E-state index contributed by atoms with van der Waals surface area (Å²) in [5, 5.41) is 0.290. The molecule has 1 aromatic rings. The predicted octanol–water partition coefficient (Wildman–Crippen LogP) is 1.85. The van der Waals surface area contributed by atoms with Gasteiger partial charge in [-0.1, -0.05) is 13.8 Å². The monoisotopic (exact) mass is 281 g/mol. The van der Waals surface area contributed by atoms with Gasteiger partial charge in [-0.15, -0.1) is 0 Å². The van der Waals surface area contributed by atoms with Gasteiger partial charge in [-0.3, -0.25) is 14.2 Å². The molecule has 1 aromatic heterocycles. The van der Waals surface area contributed by atoms with Gasteiger partial charge in [-0.05, 0) is 30.7 Å². The van der Waals surface area contributed by atoms with Gasteiger partial charge in [0.2, 0.25) is 5.12 Å². The zero-order chi connectivity index (χ0) is 14.2. The van der Waals surface area contributed by atoms with Gasteiger partial charge in [0.25, 0.3) is 5.56 Å². The van der Waals surface area contributed by atoms with Gasteiger partial charge in [0.15, 0.2) is 0 Å². The van der Waals surface area contributed by atoms with Gasteiger partial charge in [-0.25, -0.2) is 4.79 Å². The lowest BCUT2D eigenvalue weighted by molar-refractivity contribution is -0.114. The van der Waals surface area contributed by atoms with Gasteiger partial charge < -0.3 is 4.74 Å². The first-order chi connectivity index (χ1) is 8.97. The van der Waals surface area contributed by atoms with Crippen LogP contribution in [0.15, 0.2) is 22.0 Å². The highest BCUT2D eigenvalue weighted by Gasteiger charge is 2.37. The molecule has 0 saturated carbocycles. The fraction of sp³-hybridized carbons (Fsp3) is 0.462. The minimum absolute atomic E-state index is 0.00334. The number of rotatable bonds is 3. The second kappa shape index (κ2) is 5.21. The summed E-state index contributed by atoms with van der Waals surface area (Å²) in [4.78, 5) is 35.8. The molecule has 2 heterocycles. The molecule has 19 heavy (non-hydrogen) atoms. The Morgan fingerprint density at radius 2 is 2.11 bits per heavy atom. The van der Waals surface area contributed by atoms with Crippen molar-refractivity contribution in [3.05, 3.63) is 28.0 Å². The second-order valence-electron chi connectivity index (χ2n) is 4.59. The van der Waals surface area contributed by atoms with Gasteiger partial charge in [-0.2, -0.15) is 0 Å². The smallest absolute Gasteiger partial charge is 0.340 e. The van der Waals surface area contributed by atoms with E-state index in [0.717, 1.165) is 11.8 Å². The number of nitrogens with zero attached hydrogens (tertiary/aromatic N) is 1. The van der Waals surface area contributed by atoms with Crippen LogP contribution in [0.3, 0.4) is 0 Å². The molecule has 1 atom stereocenters. The van der Waals surface area contributed by atoms with Gasteiger partial charge in [0.1, 0.15) is 11.1 Å². The molecule has 0 aliphatic carbocycles. The number of pyridine rings is 1. The zero-order valence-electron chi connectivity index (χ0n) is 11.0. The Morgan fingerprint density at radius 3 is 2.68 bits per heavy atom. The Bertz CT molecular complexity index is 591. The Balaban J connectivity index is 2.58. The van der Waals surface area contributed by atoms with Crippen molar-refractivity contribution in [2.75, 3.05) is 6.61 Å². The van der Waals surface area contributed by atoms with Crippen LogP contribution in [-0.4, -0.2) is 22.3 Å². The number of ether oxygens (including phenoxy) is 1. The Hall–Kier alpha value is -1.56. The first-order valence-corrected chi connectivity index (χ1v) is 6.93. The maximum absolute atomic E-state index is 12.0. The molecule has 0 aromatic carbocycles. The van der Waals surface area contributed by atoms with Crippen molar-refractivity contribution >= 4 is 22.8 Å². The highest BCUT2D eigenvalue weighted by Crippen LogP contribution is 2.39. The third kappa shape index (κ3) is 2.32. The van der Waals surface area contributed by atoms with Crippen molar-refractivity contribution in [2.45, 2.75) is 31.8 Å². The molecule has 6 heteroatoms. The average molecular weight is 281 g/mol. The third-order valence-corrected chi connectivity index (χ3v) is 3.98. The molecule has 102 valence electrons. The van der Waals surface area contributed by atoms with Crippen molar-refractivity contribution in [1.29, 1.82) is 0 Å². The van der Waals surface area contributed by atoms with Crippen molar-refractivity contribution in [1.82, 2.24) is 4.57 Å². The summed E-state index contributed by atoms with van der Waals surface area (Å²) in [6.45, 7) is 5.72. The van der Waals surface area contributed by atoms with E-state index in [-0.39, 0.29) is 28.8 Å². The van der Waals surface area contributed by atoms with Gasteiger partial charge in [0.05, 0.1) is 12.2 Å². The molecule has 1 aliphatic heterocycles. The number of carbonyl (C=O) groups is 2. The van der Waals surface area contributed by atoms with Crippen LogP contribution in [-0.2, 0) is 9.53 Å². The Labute approximate surface area is 114 Å². The van der Waals surface area contributed by atoms with E-state index in [1.807, 2.05) is 13.8 Å². The highest BCUT2D eigenvalue weighted by atomic mass is 32.2. The molecule has 0 saturated heterocycles.